The SMILES string of the molecule is COc1ccccc1NC(=O)[C@@H](C)Sc1c(F)c(F)c(F)c(F)c1F. The molecule has 2 rings (SSSR count). The molecule has 3 nitrogen and oxygen atoms in total. The van der Waals surface area contributed by atoms with Crippen molar-refractivity contribution in [3.63, 3.8) is 0 Å². The number of ether oxygens (including phenoxy) is 1. The Bertz CT molecular complexity index is 786. The first-order chi connectivity index (χ1) is 11.8. The molecule has 134 valence electrons. The second kappa shape index (κ2) is 7.73. The van der Waals surface area contributed by atoms with E-state index in [1.54, 1.807) is 18.2 Å². The van der Waals surface area contributed by atoms with Gasteiger partial charge in [-0.05, 0) is 19.1 Å². The van der Waals surface area contributed by atoms with E-state index in [1.165, 1.54) is 20.1 Å². The van der Waals surface area contributed by atoms with E-state index in [9.17, 15) is 26.7 Å². The van der Waals surface area contributed by atoms with Crippen molar-refractivity contribution in [1.29, 1.82) is 0 Å². The van der Waals surface area contributed by atoms with Gasteiger partial charge in [-0.3, -0.25) is 4.79 Å². The van der Waals surface area contributed by atoms with Crippen LogP contribution >= 0.6 is 11.8 Å². The van der Waals surface area contributed by atoms with Crippen LogP contribution in [0.1, 0.15) is 6.92 Å². The molecule has 0 saturated heterocycles. The van der Waals surface area contributed by atoms with Crippen molar-refractivity contribution < 1.29 is 31.5 Å². The van der Waals surface area contributed by atoms with Crippen LogP contribution in [0, 0.1) is 29.1 Å². The van der Waals surface area contributed by atoms with Crippen molar-refractivity contribution in [3.8, 4) is 5.75 Å². The summed E-state index contributed by atoms with van der Waals surface area (Å²) >= 11 is 0.225. The highest BCUT2D eigenvalue weighted by Crippen LogP contribution is 2.34. The van der Waals surface area contributed by atoms with Gasteiger partial charge in [0.05, 0.1) is 22.9 Å². The van der Waals surface area contributed by atoms with Gasteiger partial charge in [0.15, 0.2) is 23.3 Å². The lowest BCUT2D eigenvalue weighted by Crippen LogP contribution is -2.23. The summed E-state index contributed by atoms with van der Waals surface area (Å²) in [6, 6.07) is 6.41. The van der Waals surface area contributed by atoms with Gasteiger partial charge in [-0.25, -0.2) is 22.0 Å². The largest absolute Gasteiger partial charge is 0.495 e. The smallest absolute Gasteiger partial charge is 0.237 e. The highest BCUT2D eigenvalue weighted by Gasteiger charge is 2.28. The van der Waals surface area contributed by atoms with Gasteiger partial charge in [0.1, 0.15) is 5.75 Å². The monoisotopic (exact) mass is 377 g/mol. The van der Waals surface area contributed by atoms with Crippen LogP contribution in [-0.4, -0.2) is 18.3 Å². The number of nitrogens with one attached hydrogen (secondary N) is 1. The predicted molar refractivity (Wildman–Crippen MR) is 83.2 cm³/mol. The summed E-state index contributed by atoms with van der Waals surface area (Å²) in [5.74, 6) is -10.7. The molecule has 0 saturated carbocycles. The van der Waals surface area contributed by atoms with Gasteiger partial charge in [-0.1, -0.05) is 12.1 Å². The van der Waals surface area contributed by atoms with Crippen LogP contribution in [0.2, 0.25) is 0 Å². The summed E-state index contributed by atoms with van der Waals surface area (Å²) in [7, 11) is 1.39. The van der Waals surface area contributed by atoms with E-state index in [4.69, 9.17) is 4.74 Å². The lowest BCUT2D eigenvalue weighted by molar-refractivity contribution is -0.115. The zero-order chi connectivity index (χ0) is 18.7. The molecule has 0 spiro atoms. The molecule has 1 N–H and O–H groups in total. The maximum absolute atomic E-state index is 13.7. The average molecular weight is 377 g/mol. The molecule has 0 aromatic heterocycles. The van der Waals surface area contributed by atoms with E-state index in [-0.39, 0.29) is 11.8 Å². The number of halogens is 5. The second-order valence-corrected chi connectivity index (χ2v) is 6.20. The molecular weight excluding hydrogens is 365 g/mol. The fraction of sp³-hybridized carbons (Fsp3) is 0.188. The van der Waals surface area contributed by atoms with Crippen LogP contribution in [0.15, 0.2) is 29.2 Å². The van der Waals surface area contributed by atoms with Gasteiger partial charge in [-0.2, -0.15) is 0 Å². The molecule has 0 aliphatic carbocycles. The number of benzene rings is 2. The molecule has 1 atom stereocenters. The maximum atomic E-state index is 13.7. The summed E-state index contributed by atoms with van der Waals surface area (Å²) in [4.78, 5) is 11.0. The van der Waals surface area contributed by atoms with Crippen molar-refractivity contribution in [1.82, 2.24) is 0 Å². The molecule has 0 heterocycles. The molecule has 9 heteroatoms. The zero-order valence-electron chi connectivity index (χ0n) is 13.0. The molecule has 2 aromatic carbocycles. The Kier molecular flexibility index (Phi) is 5.89. The number of amides is 1. The molecule has 0 aliphatic heterocycles. The standard InChI is InChI=1S/C16H12F5NO2S/c1-7(16(23)22-8-5-3-4-6-9(8)24-2)25-15-13(20)11(18)10(17)12(19)14(15)21/h3-7H,1-2H3,(H,22,23)/t7-/m1/s1. The summed E-state index contributed by atoms with van der Waals surface area (Å²) < 4.78 is 71.9. The molecule has 0 aliphatic rings. The summed E-state index contributed by atoms with van der Waals surface area (Å²) in [5, 5.41) is 1.33. The number of carbonyl (C=O) groups is 1. The number of methoxy groups -OCH3 is 1. The van der Waals surface area contributed by atoms with Crippen LogP contribution in [0.4, 0.5) is 27.6 Å². The summed E-state index contributed by atoms with van der Waals surface area (Å²) in [6.07, 6.45) is 0. The third-order valence-corrected chi connectivity index (χ3v) is 4.36. The predicted octanol–water partition coefficient (Wildman–Crippen LogP) is 4.51. The Balaban J connectivity index is 2.23. The van der Waals surface area contributed by atoms with E-state index in [0.29, 0.717) is 11.4 Å². The van der Waals surface area contributed by atoms with Gasteiger partial charge >= 0.3 is 0 Å². The van der Waals surface area contributed by atoms with E-state index >= 15 is 0 Å². The molecule has 2 aromatic rings. The average Bonchev–Trinajstić information content (AvgIpc) is 2.62. The van der Waals surface area contributed by atoms with E-state index in [2.05, 4.69) is 5.32 Å². The summed E-state index contributed by atoms with van der Waals surface area (Å²) in [6.45, 7) is 1.27. The normalized spacial score (nSPS) is 12.0. The van der Waals surface area contributed by atoms with Gasteiger partial charge in [0, 0.05) is 0 Å². The third-order valence-electron chi connectivity index (χ3n) is 3.20. The zero-order valence-corrected chi connectivity index (χ0v) is 13.8. The minimum Gasteiger partial charge on any atom is -0.495 e. The Hall–Kier alpha value is -2.29. The Morgan fingerprint density at radius 1 is 1.00 bits per heavy atom. The first-order valence-electron chi connectivity index (χ1n) is 6.89. The molecule has 0 radical (unpaired) electrons. The molecule has 1 amide bonds. The summed E-state index contributed by atoms with van der Waals surface area (Å²) in [5.41, 5.74) is 0.305. The van der Waals surface area contributed by atoms with Crippen LogP contribution < -0.4 is 10.1 Å². The van der Waals surface area contributed by atoms with Crippen molar-refractivity contribution in [2.45, 2.75) is 17.1 Å². The number of carbonyl (C=O) groups excluding carboxylic acids is 1. The van der Waals surface area contributed by atoms with Crippen molar-refractivity contribution in [3.05, 3.63) is 53.4 Å². The first kappa shape index (κ1) is 19.0. The molecule has 0 bridgehead atoms. The Morgan fingerprint density at radius 2 is 1.52 bits per heavy atom. The third kappa shape index (κ3) is 3.87. The van der Waals surface area contributed by atoms with Crippen molar-refractivity contribution >= 4 is 23.4 Å². The number of hydrogen-bond donors (Lipinski definition) is 1. The molecule has 0 unspecified atom stereocenters. The minimum atomic E-state index is -2.24. The van der Waals surface area contributed by atoms with Gasteiger partial charge in [0.25, 0.3) is 0 Å². The van der Waals surface area contributed by atoms with Crippen LogP contribution in [0.3, 0.4) is 0 Å². The fourth-order valence-corrected chi connectivity index (χ4v) is 2.81. The van der Waals surface area contributed by atoms with Crippen LogP contribution in [0.25, 0.3) is 0 Å². The number of thioether (sulfide) groups is 1. The lowest BCUT2D eigenvalue weighted by atomic mass is 10.3. The fourth-order valence-electron chi connectivity index (χ4n) is 1.90. The van der Waals surface area contributed by atoms with Crippen molar-refractivity contribution in [2.75, 3.05) is 12.4 Å². The van der Waals surface area contributed by atoms with Crippen LogP contribution in [-0.2, 0) is 4.79 Å². The van der Waals surface area contributed by atoms with E-state index < -0.39 is 45.1 Å². The van der Waals surface area contributed by atoms with E-state index in [0.717, 1.165) is 0 Å². The topological polar surface area (TPSA) is 38.3 Å². The number of rotatable bonds is 5. The molecule has 0 fully saturated rings. The van der Waals surface area contributed by atoms with Crippen molar-refractivity contribution in [2.24, 2.45) is 0 Å². The number of para-hydroxylation sites is 2. The number of hydrogen-bond acceptors (Lipinski definition) is 3. The lowest BCUT2D eigenvalue weighted by Gasteiger charge is -2.15. The second-order valence-electron chi connectivity index (χ2n) is 4.85. The highest BCUT2D eigenvalue weighted by molar-refractivity contribution is 8.00. The minimum absolute atomic E-state index is 0.225. The quantitative estimate of drug-likeness (QED) is 0.361. The number of anilines is 1. The Labute approximate surface area is 144 Å². The van der Waals surface area contributed by atoms with Crippen LogP contribution in [0.5, 0.6) is 5.75 Å². The first-order valence-corrected chi connectivity index (χ1v) is 7.77. The maximum Gasteiger partial charge on any atom is 0.237 e. The highest BCUT2D eigenvalue weighted by atomic mass is 32.2. The Morgan fingerprint density at radius 3 is 2.08 bits per heavy atom. The molecular formula is C16H12F5NO2S. The van der Waals surface area contributed by atoms with Gasteiger partial charge < -0.3 is 10.1 Å². The van der Waals surface area contributed by atoms with E-state index in [1.807, 2.05) is 0 Å². The molecule has 25 heavy (non-hydrogen) atoms. The van der Waals surface area contributed by atoms with Gasteiger partial charge in [0.2, 0.25) is 11.7 Å². The van der Waals surface area contributed by atoms with Gasteiger partial charge in [-0.15, -0.1) is 11.8 Å².